The first kappa shape index (κ1) is 13.3. The maximum atomic E-state index is 11.6. The second kappa shape index (κ2) is 5.69. The number of hydrogen-bond acceptors (Lipinski definition) is 4. The molecule has 0 aromatic carbocycles. The van der Waals surface area contributed by atoms with E-state index < -0.39 is 0 Å². The number of carbonyl (C=O) groups excluding carboxylic acids is 1. The van der Waals surface area contributed by atoms with E-state index in [1.807, 2.05) is 25.1 Å². The number of anilines is 1. The van der Waals surface area contributed by atoms with Crippen LogP contribution in [0.3, 0.4) is 0 Å². The lowest BCUT2D eigenvalue weighted by molar-refractivity contribution is -0.119. The van der Waals surface area contributed by atoms with Crippen molar-refractivity contribution in [2.24, 2.45) is 5.92 Å². The van der Waals surface area contributed by atoms with Gasteiger partial charge in [-0.25, -0.2) is 4.52 Å². The van der Waals surface area contributed by atoms with Crippen LogP contribution in [0.5, 0.6) is 0 Å². The summed E-state index contributed by atoms with van der Waals surface area (Å²) in [6.45, 7) is 6.93. The molecule has 0 spiro atoms. The molecule has 0 saturated carbocycles. The minimum absolute atomic E-state index is 0.0516. The van der Waals surface area contributed by atoms with Crippen LogP contribution in [0.4, 0.5) is 5.95 Å². The quantitative estimate of drug-likeness (QED) is 0.849. The number of fused-ring (bicyclic) bond motifs is 1. The molecule has 0 unspecified atom stereocenters. The summed E-state index contributed by atoms with van der Waals surface area (Å²) in [5, 5.41) is 10.1. The molecule has 0 aliphatic rings. The lowest BCUT2D eigenvalue weighted by atomic mass is 10.2. The molecule has 6 heteroatoms. The standard InChI is InChI=1S/C13H19N5O/c1-9(2)7-14-12(19)8-15-13-16-11-6-4-5-10(3)18(11)17-13/h4-6,9H,7-8H2,1-3H3,(H,14,19)(H,15,17). The van der Waals surface area contributed by atoms with Crippen molar-refractivity contribution >= 4 is 17.5 Å². The van der Waals surface area contributed by atoms with Gasteiger partial charge in [0, 0.05) is 12.2 Å². The Morgan fingerprint density at radius 1 is 1.42 bits per heavy atom. The summed E-state index contributed by atoms with van der Waals surface area (Å²) in [5.41, 5.74) is 1.77. The number of rotatable bonds is 5. The molecule has 2 aromatic heterocycles. The Morgan fingerprint density at radius 3 is 2.89 bits per heavy atom. The molecule has 0 saturated heterocycles. The van der Waals surface area contributed by atoms with Crippen LogP contribution in [0.15, 0.2) is 18.2 Å². The number of nitrogens with zero attached hydrogens (tertiary/aromatic N) is 3. The van der Waals surface area contributed by atoms with Crippen molar-refractivity contribution in [3.8, 4) is 0 Å². The Balaban J connectivity index is 1.95. The van der Waals surface area contributed by atoms with Gasteiger partial charge in [0.1, 0.15) is 0 Å². The van der Waals surface area contributed by atoms with Crippen LogP contribution in [-0.2, 0) is 4.79 Å². The molecule has 0 fully saturated rings. The fraction of sp³-hybridized carbons (Fsp3) is 0.462. The fourth-order valence-corrected chi connectivity index (χ4v) is 1.65. The number of amides is 1. The Labute approximate surface area is 112 Å². The van der Waals surface area contributed by atoms with Crippen LogP contribution in [0.25, 0.3) is 5.65 Å². The number of aryl methyl sites for hydroxylation is 1. The van der Waals surface area contributed by atoms with Gasteiger partial charge in [0.15, 0.2) is 5.65 Å². The highest BCUT2D eigenvalue weighted by Gasteiger charge is 2.07. The van der Waals surface area contributed by atoms with Crippen LogP contribution in [0.1, 0.15) is 19.5 Å². The van der Waals surface area contributed by atoms with Gasteiger partial charge in [0.2, 0.25) is 11.9 Å². The second-order valence-corrected chi connectivity index (χ2v) is 4.92. The SMILES string of the molecule is Cc1cccc2nc(NCC(=O)NCC(C)C)nn12. The van der Waals surface area contributed by atoms with Crippen LogP contribution < -0.4 is 10.6 Å². The van der Waals surface area contributed by atoms with E-state index in [1.54, 1.807) is 4.52 Å². The number of hydrogen-bond donors (Lipinski definition) is 2. The first-order chi connectivity index (χ1) is 9.06. The van der Waals surface area contributed by atoms with Crippen molar-refractivity contribution in [3.05, 3.63) is 23.9 Å². The van der Waals surface area contributed by atoms with Crippen LogP contribution in [0.2, 0.25) is 0 Å². The van der Waals surface area contributed by atoms with Crippen molar-refractivity contribution in [1.29, 1.82) is 0 Å². The number of aromatic nitrogens is 3. The average Bonchev–Trinajstić information content (AvgIpc) is 2.78. The molecular formula is C13H19N5O. The molecule has 0 aliphatic carbocycles. The van der Waals surface area contributed by atoms with Crippen LogP contribution >= 0.6 is 0 Å². The summed E-state index contributed by atoms with van der Waals surface area (Å²) in [6, 6.07) is 5.77. The summed E-state index contributed by atoms with van der Waals surface area (Å²) < 4.78 is 1.74. The average molecular weight is 261 g/mol. The van der Waals surface area contributed by atoms with E-state index in [0.717, 1.165) is 11.3 Å². The van der Waals surface area contributed by atoms with Gasteiger partial charge in [-0.3, -0.25) is 4.79 Å². The summed E-state index contributed by atoms with van der Waals surface area (Å²) in [4.78, 5) is 15.9. The largest absolute Gasteiger partial charge is 0.354 e. The third-order valence-corrected chi connectivity index (χ3v) is 2.66. The molecule has 0 aliphatic heterocycles. The van der Waals surface area contributed by atoms with Crippen LogP contribution in [-0.4, -0.2) is 33.6 Å². The van der Waals surface area contributed by atoms with Gasteiger partial charge in [-0.15, -0.1) is 5.10 Å². The van der Waals surface area contributed by atoms with E-state index in [0.29, 0.717) is 18.4 Å². The summed E-state index contributed by atoms with van der Waals surface area (Å²) in [5.74, 6) is 0.859. The van der Waals surface area contributed by atoms with Gasteiger partial charge in [0.25, 0.3) is 0 Å². The highest BCUT2D eigenvalue weighted by Crippen LogP contribution is 2.07. The van der Waals surface area contributed by atoms with Crippen molar-refractivity contribution in [3.63, 3.8) is 0 Å². The molecule has 2 heterocycles. The van der Waals surface area contributed by atoms with Gasteiger partial charge in [-0.1, -0.05) is 19.9 Å². The first-order valence-electron chi connectivity index (χ1n) is 6.39. The molecule has 1 amide bonds. The van der Waals surface area contributed by atoms with E-state index in [-0.39, 0.29) is 12.5 Å². The lowest BCUT2D eigenvalue weighted by Crippen LogP contribution is -2.32. The Hall–Kier alpha value is -2.11. The van der Waals surface area contributed by atoms with Crippen molar-refractivity contribution in [2.75, 3.05) is 18.4 Å². The first-order valence-corrected chi connectivity index (χ1v) is 6.39. The van der Waals surface area contributed by atoms with E-state index >= 15 is 0 Å². The monoisotopic (exact) mass is 261 g/mol. The van der Waals surface area contributed by atoms with Crippen molar-refractivity contribution in [2.45, 2.75) is 20.8 Å². The van der Waals surface area contributed by atoms with Crippen LogP contribution in [0, 0.1) is 12.8 Å². The summed E-state index contributed by atoms with van der Waals surface area (Å²) in [6.07, 6.45) is 0. The second-order valence-electron chi connectivity index (χ2n) is 4.92. The highest BCUT2D eigenvalue weighted by molar-refractivity contribution is 5.80. The predicted octanol–water partition coefficient (Wildman–Crippen LogP) is 1.22. The third-order valence-electron chi connectivity index (χ3n) is 2.66. The smallest absolute Gasteiger partial charge is 0.243 e. The van der Waals surface area contributed by atoms with Crippen molar-refractivity contribution < 1.29 is 4.79 Å². The Bertz CT molecular complexity index is 575. The van der Waals surface area contributed by atoms with E-state index in [9.17, 15) is 4.79 Å². The predicted molar refractivity (Wildman–Crippen MR) is 74.1 cm³/mol. The van der Waals surface area contributed by atoms with Gasteiger partial charge in [0.05, 0.1) is 6.54 Å². The minimum atomic E-state index is -0.0516. The normalized spacial score (nSPS) is 10.9. The summed E-state index contributed by atoms with van der Waals surface area (Å²) >= 11 is 0. The Kier molecular flexibility index (Phi) is 3.99. The number of nitrogens with one attached hydrogen (secondary N) is 2. The maximum absolute atomic E-state index is 11.6. The highest BCUT2D eigenvalue weighted by atomic mass is 16.1. The van der Waals surface area contributed by atoms with Gasteiger partial charge >= 0.3 is 0 Å². The molecule has 0 atom stereocenters. The molecule has 19 heavy (non-hydrogen) atoms. The number of carbonyl (C=O) groups is 1. The maximum Gasteiger partial charge on any atom is 0.243 e. The third kappa shape index (κ3) is 3.43. The molecule has 2 N–H and O–H groups in total. The minimum Gasteiger partial charge on any atom is -0.354 e. The molecular weight excluding hydrogens is 242 g/mol. The van der Waals surface area contributed by atoms with E-state index in [1.165, 1.54) is 0 Å². The van der Waals surface area contributed by atoms with Crippen molar-refractivity contribution in [1.82, 2.24) is 19.9 Å². The van der Waals surface area contributed by atoms with Gasteiger partial charge in [-0.2, -0.15) is 4.98 Å². The lowest BCUT2D eigenvalue weighted by Gasteiger charge is -2.07. The Morgan fingerprint density at radius 2 is 2.21 bits per heavy atom. The topological polar surface area (TPSA) is 71.3 Å². The fourth-order valence-electron chi connectivity index (χ4n) is 1.65. The molecule has 2 aromatic rings. The number of pyridine rings is 1. The zero-order valence-corrected chi connectivity index (χ0v) is 11.5. The zero-order valence-electron chi connectivity index (χ0n) is 11.5. The summed E-state index contributed by atoms with van der Waals surface area (Å²) in [7, 11) is 0. The molecule has 0 bridgehead atoms. The molecule has 102 valence electrons. The van der Waals surface area contributed by atoms with E-state index in [4.69, 9.17) is 0 Å². The molecule has 2 rings (SSSR count). The van der Waals surface area contributed by atoms with E-state index in [2.05, 4.69) is 34.6 Å². The molecule has 6 nitrogen and oxygen atoms in total. The molecule has 0 radical (unpaired) electrons. The zero-order chi connectivity index (χ0) is 13.8. The van der Waals surface area contributed by atoms with Gasteiger partial charge < -0.3 is 10.6 Å². The van der Waals surface area contributed by atoms with Gasteiger partial charge in [-0.05, 0) is 25.0 Å².